The molecule has 0 bridgehead atoms. The van der Waals surface area contributed by atoms with Gasteiger partial charge < -0.3 is 27.9 Å². The number of hydrogen-bond acceptors (Lipinski definition) is 8. The van der Waals surface area contributed by atoms with Gasteiger partial charge in [-0.15, -0.1) is 0 Å². The highest BCUT2D eigenvalue weighted by Crippen LogP contribution is 2.28. The SMILES string of the molecule is CNC(=O)COc1cc2cc(Nc3nc(N4CCC(OI)CC4)ncc3Cl)ccc2n(C)c1=O. The summed E-state index contributed by atoms with van der Waals surface area (Å²) < 4.78 is 12.3. The minimum atomic E-state index is -0.322. The summed E-state index contributed by atoms with van der Waals surface area (Å²) >= 11 is 8.32. The van der Waals surface area contributed by atoms with Crippen LogP contribution in [0.15, 0.2) is 35.3 Å². The largest absolute Gasteiger partial charge is 0.478 e. The summed E-state index contributed by atoms with van der Waals surface area (Å²) in [4.78, 5) is 35.2. The van der Waals surface area contributed by atoms with Gasteiger partial charge in [-0.2, -0.15) is 4.98 Å². The molecule has 0 unspecified atom stereocenters. The van der Waals surface area contributed by atoms with Gasteiger partial charge in [0.1, 0.15) is 28.0 Å². The van der Waals surface area contributed by atoms with Crippen molar-refractivity contribution in [2.24, 2.45) is 7.05 Å². The molecule has 0 radical (unpaired) electrons. The second kappa shape index (κ2) is 10.7. The minimum absolute atomic E-state index is 0.0944. The zero-order valence-corrected chi connectivity index (χ0v) is 21.6. The molecular formula is C22H24ClIN6O4. The molecule has 1 aliphatic rings. The average molecular weight is 599 g/mol. The van der Waals surface area contributed by atoms with Crippen LogP contribution in [-0.4, -0.2) is 53.3 Å². The van der Waals surface area contributed by atoms with E-state index < -0.39 is 0 Å². The van der Waals surface area contributed by atoms with Crippen LogP contribution in [0.3, 0.4) is 0 Å². The topological polar surface area (TPSA) is 111 Å². The standard InChI is InChI=1S/C22H24ClIN6O4/c1-25-19(31)12-33-18-10-13-9-14(3-4-17(13)29(2)21(18)32)27-20-16(23)11-26-22(28-20)30-7-5-15(34-24)6-8-30/h3-4,9-11,15H,5-8,12H2,1-2H3,(H,25,31)(H,26,27,28). The molecule has 0 atom stereocenters. The fourth-order valence-corrected chi connectivity index (χ4v) is 4.38. The maximum Gasteiger partial charge on any atom is 0.293 e. The highest BCUT2D eigenvalue weighted by Gasteiger charge is 2.22. The number of halogens is 2. The first-order valence-electron chi connectivity index (χ1n) is 10.7. The Labute approximate surface area is 215 Å². The zero-order chi connectivity index (χ0) is 24.2. The number of hydrogen-bond donors (Lipinski definition) is 2. The van der Waals surface area contributed by atoms with Crippen molar-refractivity contribution < 1.29 is 12.6 Å². The number of ether oxygens (including phenoxy) is 1. The number of carbonyl (C=O) groups is 1. The zero-order valence-electron chi connectivity index (χ0n) is 18.7. The number of fused-ring (bicyclic) bond motifs is 1. The Bertz CT molecular complexity index is 1260. The molecule has 1 aliphatic heterocycles. The molecule has 12 heteroatoms. The number of pyridine rings is 1. The van der Waals surface area contributed by atoms with Crippen molar-refractivity contribution in [3.8, 4) is 5.75 Å². The maximum atomic E-state index is 12.6. The van der Waals surface area contributed by atoms with E-state index in [0.717, 1.165) is 42.5 Å². The Hall–Kier alpha value is -2.64. The molecule has 1 saturated heterocycles. The molecule has 4 rings (SSSR count). The monoisotopic (exact) mass is 598 g/mol. The van der Waals surface area contributed by atoms with Crippen LogP contribution in [0.5, 0.6) is 5.75 Å². The first-order chi connectivity index (χ1) is 16.4. The van der Waals surface area contributed by atoms with Crippen LogP contribution in [-0.2, 0) is 14.9 Å². The number of rotatable bonds is 7. The van der Waals surface area contributed by atoms with Gasteiger partial charge in [-0.25, -0.2) is 4.98 Å². The third-order valence-electron chi connectivity index (χ3n) is 5.67. The Morgan fingerprint density at radius 3 is 2.76 bits per heavy atom. The van der Waals surface area contributed by atoms with Crippen LogP contribution >= 0.6 is 34.6 Å². The van der Waals surface area contributed by atoms with Gasteiger partial charge in [0.15, 0.2) is 18.2 Å². The van der Waals surface area contributed by atoms with Crippen molar-refractivity contribution in [1.29, 1.82) is 0 Å². The third-order valence-corrected chi connectivity index (χ3v) is 6.67. The fourth-order valence-electron chi connectivity index (χ4n) is 3.73. The minimum Gasteiger partial charge on any atom is -0.478 e. The molecule has 1 fully saturated rings. The average Bonchev–Trinajstić information content (AvgIpc) is 2.86. The maximum absolute atomic E-state index is 12.6. The van der Waals surface area contributed by atoms with Crippen molar-refractivity contribution >= 4 is 68.9 Å². The third kappa shape index (κ3) is 5.36. The van der Waals surface area contributed by atoms with Crippen molar-refractivity contribution in [2.45, 2.75) is 18.9 Å². The van der Waals surface area contributed by atoms with E-state index in [9.17, 15) is 9.59 Å². The van der Waals surface area contributed by atoms with E-state index >= 15 is 0 Å². The summed E-state index contributed by atoms with van der Waals surface area (Å²) in [6, 6.07) is 7.15. The molecule has 0 spiro atoms. The van der Waals surface area contributed by atoms with Gasteiger partial charge in [-0.3, -0.25) is 9.59 Å². The van der Waals surface area contributed by atoms with Crippen LogP contribution in [0.25, 0.3) is 10.9 Å². The first kappa shape index (κ1) is 24.5. The predicted molar refractivity (Wildman–Crippen MR) is 139 cm³/mol. The van der Waals surface area contributed by atoms with Crippen LogP contribution < -0.4 is 25.8 Å². The van der Waals surface area contributed by atoms with Crippen molar-refractivity contribution in [1.82, 2.24) is 19.9 Å². The van der Waals surface area contributed by atoms with Gasteiger partial charge in [0.2, 0.25) is 5.95 Å². The summed E-state index contributed by atoms with van der Waals surface area (Å²) in [5.41, 5.74) is 1.13. The van der Waals surface area contributed by atoms with E-state index in [4.69, 9.17) is 19.4 Å². The Kier molecular flexibility index (Phi) is 7.73. The van der Waals surface area contributed by atoms with E-state index in [-0.39, 0.29) is 29.9 Å². The summed E-state index contributed by atoms with van der Waals surface area (Å²) in [6.45, 7) is 1.37. The number of aryl methyl sites for hydroxylation is 1. The fraction of sp³-hybridized carbons (Fsp3) is 0.364. The molecule has 3 aromatic rings. The highest BCUT2D eigenvalue weighted by atomic mass is 127. The van der Waals surface area contributed by atoms with Gasteiger partial charge in [-0.05, 0) is 37.1 Å². The number of piperidine rings is 1. The lowest BCUT2D eigenvalue weighted by atomic mass is 10.1. The quantitative estimate of drug-likeness (QED) is 0.399. The molecule has 0 aliphatic carbocycles. The first-order valence-corrected chi connectivity index (χ1v) is 11.9. The Balaban J connectivity index is 1.59. The van der Waals surface area contributed by atoms with Crippen LogP contribution in [0, 0.1) is 0 Å². The van der Waals surface area contributed by atoms with Gasteiger partial charge in [0, 0.05) is 38.3 Å². The summed E-state index contributed by atoms with van der Waals surface area (Å²) in [5, 5.41) is 6.86. The summed E-state index contributed by atoms with van der Waals surface area (Å²) in [5.74, 6) is 0.862. The van der Waals surface area contributed by atoms with Gasteiger partial charge in [0.05, 0.1) is 17.8 Å². The van der Waals surface area contributed by atoms with E-state index in [1.54, 1.807) is 19.3 Å². The van der Waals surface area contributed by atoms with E-state index in [1.165, 1.54) is 11.6 Å². The van der Waals surface area contributed by atoms with E-state index in [0.29, 0.717) is 16.8 Å². The number of likely N-dealkylation sites (N-methyl/N-ethyl adjacent to an activating group) is 1. The second-order valence-electron chi connectivity index (χ2n) is 7.88. The Morgan fingerprint density at radius 2 is 2.06 bits per heavy atom. The number of amides is 1. The molecule has 1 amide bonds. The lowest BCUT2D eigenvalue weighted by Crippen LogP contribution is -2.37. The lowest BCUT2D eigenvalue weighted by molar-refractivity contribution is -0.122. The smallest absolute Gasteiger partial charge is 0.293 e. The van der Waals surface area contributed by atoms with Crippen molar-refractivity contribution in [2.75, 3.05) is 37.0 Å². The molecule has 2 aromatic heterocycles. The van der Waals surface area contributed by atoms with Crippen LogP contribution in [0.4, 0.5) is 17.5 Å². The molecule has 10 nitrogen and oxygen atoms in total. The normalized spacial score (nSPS) is 14.3. The molecule has 34 heavy (non-hydrogen) atoms. The number of nitrogens with zero attached hydrogens (tertiary/aromatic N) is 4. The number of carbonyl (C=O) groups excluding carboxylic acids is 1. The van der Waals surface area contributed by atoms with Gasteiger partial charge in [-0.1, -0.05) is 11.6 Å². The molecule has 1 aromatic carbocycles. The number of nitrogens with one attached hydrogen (secondary N) is 2. The molecule has 2 N–H and O–H groups in total. The van der Waals surface area contributed by atoms with Crippen molar-refractivity contribution in [3.63, 3.8) is 0 Å². The molecular weight excluding hydrogens is 575 g/mol. The second-order valence-corrected chi connectivity index (χ2v) is 8.79. The Morgan fingerprint density at radius 1 is 1.29 bits per heavy atom. The van der Waals surface area contributed by atoms with Gasteiger partial charge >= 0.3 is 0 Å². The molecule has 3 heterocycles. The number of benzene rings is 1. The number of aromatic nitrogens is 3. The van der Waals surface area contributed by atoms with Crippen LogP contribution in [0.2, 0.25) is 5.02 Å². The summed E-state index contributed by atoms with van der Waals surface area (Å²) in [7, 11) is 3.16. The number of anilines is 3. The highest BCUT2D eigenvalue weighted by molar-refractivity contribution is 14.1. The van der Waals surface area contributed by atoms with Crippen molar-refractivity contribution in [3.05, 3.63) is 45.8 Å². The van der Waals surface area contributed by atoms with Gasteiger partial charge in [0.25, 0.3) is 11.5 Å². The molecule has 180 valence electrons. The van der Waals surface area contributed by atoms with E-state index in [2.05, 4.69) is 25.5 Å². The molecule has 0 saturated carbocycles. The lowest BCUT2D eigenvalue weighted by Gasteiger charge is -2.30. The van der Waals surface area contributed by atoms with E-state index in [1.807, 2.05) is 41.2 Å². The van der Waals surface area contributed by atoms with Crippen LogP contribution in [0.1, 0.15) is 12.8 Å². The summed E-state index contributed by atoms with van der Waals surface area (Å²) in [6.07, 6.45) is 3.65. The predicted octanol–water partition coefficient (Wildman–Crippen LogP) is 3.19.